The van der Waals surface area contributed by atoms with Crippen molar-refractivity contribution >= 4 is 17.7 Å². The molecule has 1 N–H and O–H groups in total. The molecular weight excluding hydrogens is 284 g/mol. The highest BCUT2D eigenvalue weighted by Gasteiger charge is 2.06. The van der Waals surface area contributed by atoms with Crippen molar-refractivity contribution in [2.75, 3.05) is 6.61 Å². The zero-order valence-corrected chi connectivity index (χ0v) is 12.1. The van der Waals surface area contributed by atoms with E-state index in [2.05, 4.69) is 0 Å². The zero-order valence-electron chi connectivity index (χ0n) is 12.1. The second-order valence-corrected chi connectivity index (χ2v) is 4.32. The second kappa shape index (κ2) is 9.07. The minimum absolute atomic E-state index is 0.159. The maximum Gasteiger partial charge on any atom is 0.338 e. The van der Waals surface area contributed by atoms with Gasteiger partial charge in [-0.25, -0.2) is 9.59 Å². The molecule has 0 aromatic heterocycles. The maximum absolute atomic E-state index is 11.2. The molecule has 0 bridgehead atoms. The van der Waals surface area contributed by atoms with Crippen LogP contribution in [0.1, 0.15) is 27.6 Å². The number of rotatable bonds is 4. The van der Waals surface area contributed by atoms with Crippen molar-refractivity contribution in [3.05, 3.63) is 71.8 Å². The fraction of sp³-hybridized carbons (Fsp3) is 0.118. The molecule has 2 aromatic rings. The summed E-state index contributed by atoms with van der Waals surface area (Å²) in [5.41, 5.74) is 0.793. The number of benzene rings is 2. The fourth-order valence-electron chi connectivity index (χ4n) is 1.41. The Labute approximate surface area is 128 Å². The van der Waals surface area contributed by atoms with E-state index in [9.17, 15) is 14.4 Å². The Morgan fingerprint density at radius 1 is 0.864 bits per heavy atom. The Hall–Kier alpha value is -2.95. The molecule has 0 aliphatic carbocycles. The molecule has 22 heavy (non-hydrogen) atoms. The van der Waals surface area contributed by atoms with Crippen molar-refractivity contribution in [2.24, 2.45) is 0 Å². The van der Waals surface area contributed by atoms with Crippen molar-refractivity contribution < 1.29 is 24.2 Å². The van der Waals surface area contributed by atoms with Crippen LogP contribution < -0.4 is 0 Å². The fourth-order valence-corrected chi connectivity index (χ4v) is 1.41. The van der Waals surface area contributed by atoms with Crippen LogP contribution in [0.4, 0.5) is 0 Å². The number of ketones is 1. The molecule has 2 aromatic carbocycles. The molecule has 0 amide bonds. The van der Waals surface area contributed by atoms with Gasteiger partial charge in [-0.3, -0.25) is 4.79 Å². The van der Waals surface area contributed by atoms with Gasteiger partial charge in [-0.15, -0.1) is 0 Å². The molecule has 5 nitrogen and oxygen atoms in total. The molecule has 0 radical (unpaired) electrons. The summed E-state index contributed by atoms with van der Waals surface area (Å²) in [7, 11) is 0. The first-order valence-electron chi connectivity index (χ1n) is 6.50. The van der Waals surface area contributed by atoms with E-state index < -0.39 is 11.9 Å². The van der Waals surface area contributed by atoms with E-state index in [0.29, 0.717) is 11.1 Å². The average Bonchev–Trinajstić information content (AvgIpc) is 2.55. The lowest BCUT2D eigenvalue weighted by atomic mass is 10.2. The molecule has 0 atom stereocenters. The SMILES string of the molecule is CC(=O)COC(=O)c1ccccc1.O=C(O)c1ccccc1. The Morgan fingerprint density at radius 2 is 1.32 bits per heavy atom. The molecule has 0 saturated carbocycles. The number of ether oxygens (including phenoxy) is 1. The van der Waals surface area contributed by atoms with E-state index in [4.69, 9.17) is 9.84 Å². The van der Waals surface area contributed by atoms with Gasteiger partial charge in [0.25, 0.3) is 0 Å². The van der Waals surface area contributed by atoms with Crippen LogP contribution in [0.25, 0.3) is 0 Å². The van der Waals surface area contributed by atoms with E-state index >= 15 is 0 Å². The molecular formula is C17H16O5. The van der Waals surface area contributed by atoms with E-state index in [1.165, 1.54) is 6.92 Å². The highest BCUT2D eigenvalue weighted by molar-refractivity contribution is 5.91. The van der Waals surface area contributed by atoms with Crippen LogP contribution >= 0.6 is 0 Å². The van der Waals surface area contributed by atoms with Crippen molar-refractivity contribution in [3.63, 3.8) is 0 Å². The van der Waals surface area contributed by atoms with Crippen molar-refractivity contribution in [2.45, 2.75) is 6.92 Å². The van der Waals surface area contributed by atoms with E-state index in [1.54, 1.807) is 54.6 Å². The van der Waals surface area contributed by atoms with Gasteiger partial charge in [0, 0.05) is 0 Å². The summed E-state index contributed by atoms with van der Waals surface area (Å²) in [6, 6.07) is 16.9. The van der Waals surface area contributed by atoms with Crippen LogP contribution in [-0.2, 0) is 9.53 Å². The van der Waals surface area contributed by atoms with Crippen molar-refractivity contribution in [3.8, 4) is 0 Å². The lowest BCUT2D eigenvalue weighted by molar-refractivity contribution is -0.120. The van der Waals surface area contributed by atoms with Crippen LogP contribution in [0.2, 0.25) is 0 Å². The number of carboxylic acids is 1. The van der Waals surface area contributed by atoms with Crippen LogP contribution in [0, 0.1) is 0 Å². The van der Waals surface area contributed by atoms with E-state index in [-0.39, 0.29) is 12.4 Å². The highest BCUT2D eigenvalue weighted by atomic mass is 16.5. The van der Waals surface area contributed by atoms with Gasteiger partial charge in [0.2, 0.25) is 0 Å². The number of carboxylic acid groups (broad SMARTS) is 1. The number of carbonyl (C=O) groups is 3. The minimum Gasteiger partial charge on any atom is -0.478 e. The van der Waals surface area contributed by atoms with Gasteiger partial charge in [0.05, 0.1) is 11.1 Å². The van der Waals surface area contributed by atoms with Gasteiger partial charge in [-0.1, -0.05) is 36.4 Å². The Balaban J connectivity index is 0.000000235. The second-order valence-electron chi connectivity index (χ2n) is 4.32. The number of hydrogen-bond donors (Lipinski definition) is 1. The normalized spacial score (nSPS) is 9.14. The van der Waals surface area contributed by atoms with E-state index in [0.717, 1.165) is 0 Å². The van der Waals surface area contributed by atoms with Gasteiger partial charge >= 0.3 is 11.9 Å². The van der Waals surface area contributed by atoms with Gasteiger partial charge in [0.15, 0.2) is 5.78 Å². The monoisotopic (exact) mass is 300 g/mol. The van der Waals surface area contributed by atoms with Crippen LogP contribution in [0.5, 0.6) is 0 Å². The Bertz CT molecular complexity index is 620. The molecule has 0 aliphatic heterocycles. The lowest BCUT2D eigenvalue weighted by Crippen LogP contribution is -2.11. The highest BCUT2D eigenvalue weighted by Crippen LogP contribution is 2.00. The standard InChI is InChI=1S/C10H10O3.C7H6O2/c1-8(11)7-13-10(12)9-5-3-2-4-6-9;8-7(9)6-4-2-1-3-5-6/h2-6H,7H2,1H3;1-5H,(H,8,9). The molecule has 0 heterocycles. The topological polar surface area (TPSA) is 80.7 Å². The molecule has 5 heteroatoms. The molecule has 0 saturated heterocycles. The number of aromatic carboxylic acids is 1. The predicted molar refractivity (Wildman–Crippen MR) is 80.8 cm³/mol. The first kappa shape index (κ1) is 17.1. The third-order valence-electron chi connectivity index (χ3n) is 2.44. The van der Waals surface area contributed by atoms with E-state index in [1.807, 2.05) is 6.07 Å². The summed E-state index contributed by atoms with van der Waals surface area (Å²) >= 11 is 0. The summed E-state index contributed by atoms with van der Waals surface area (Å²) in [5.74, 6) is -1.50. The number of hydrogen-bond acceptors (Lipinski definition) is 4. The smallest absolute Gasteiger partial charge is 0.338 e. The summed E-state index contributed by atoms with van der Waals surface area (Å²) in [4.78, 5) is 31.9. The van der Waals surface area contributed by atoms with Gasteiger partial charge in [-0.05, 0) is 31.2 Å². The Kier molecular flexibility index (Phi) is 7.05. The quantitative estimate of drug-likeness (QED) is 0.878. The van der Waals surface area contributed by atoms with Gasteiger partial charge in [0.1, 0.15) is 6.61 Å². The summed E-state index contributed by atoms with van der Waals surface area (Å²) in [5, 5.41) is 8.38. The molecule has 0 unspecified atom stereocenters. The average molecular weight is 300 g/mol. The molecule has 2 rings (SSSR count). The van der Waals surface area contributed by atoms with Crippen LogP contribution in [-0.4, -0.2) is 29.4 Å². The zero-order chi connectivity index (χ0) is 16.4. The van der Waals surface area contributed by atoms with Crippen molar-refractivity contribution in [1.82, 2.24) is 0 Å². The summed E-state index contributed by atoms with van der Waals surface area (Å²) in [6.07, 6.45) is 0. The number of carbonyl (C=O) groups excluding carboxylic acids is 2. The molecule has 0 spiro atoms. The molecule has 0 aliphatic rings. The third-order valence-corrected chi connectivity index (χ3v) is 2.44. The van der Waals surface area contributed by atoms with Crippen molar-refractivity contribution in [1.29, 1.82) is 0 Å². The number of esters is 1. The first-order chi connectivity index (χ1) is 10.5. The lowest BCUT2D eigenvalue weighted by Gasteiger charge is -2.00. The van der Waals surface area contributed by atoms with Gasteiger partial charge < -0.3 is 9.84 Å². The largest absolute Gasteiger partial charge is 0.478 e. The predicted octanol–water partition coefficient (Wildman–Crippen LogP) is 2.82. The van der Waals surface area contributed by atoms with Gasteiger partial charge in [-0.2, -0.15) is 0 Å². The molecule has 114 valence electrons. The summed E-state index contributed by atoms with van der Waals surface area (Å²) < 4.78 is 4.70. The maximum atomic E-state index is 11.2. The Morgan fingerprint density at radius 3 is 1.68 bits per heavy atom. The minimum atomic E-state index is -0.879. The van der Waals surface area contributed by atoms with Crippen LogP contribution in [0.15, 0.2) is 60.7 Å². The molecule has 0 fully saturated rings. The number of Topliss-reactive ketones (excluding diaryl/α,β-unsaturated/α-hetero) is 1. The summed E-state index contributed by atoms with van der Waals surface area (Å²) in [6.45, 7) is 1.21. The third kappa shape index (κ3) is 6.47. The van der Waals surface area contributed by atoms with Crippen LogP contribution in [0.3, 0.4) is 0 Å². The first-order valence-corrected chi connectivity index (χ1v) is 6.50.